The average Bonchev–Trinajstić information content (AvgIpc) is 3.96. The number of imidazole rings is 1. The number of nitrogens with zero attached hydrogens (tertiary/aromatic N) is 10. The van der Waals surface area contributed by atoms with Crippen LogP contribution in [-0.4, -0.2) is 75.5 Å². The summed E-state index contributed by atoms with van der Waals surface area (Å²) in [5.74, 6) is -0.0628. The number of fused-ring (bicyclic) bond motifs is 5. The van der Waals surface area contributed by atoms with Crippen molar-refractivity contribution in [2.75, 3.05) is 26.2 Å². The van der Waals surface area contributed by atoms with Gasteiger partial charge < -0.3 is 14.4 Å². The maximum absolute atomic E-state index is 15.2. The van der Waals surface area contributed by atoms with Gasteiger partial charge in [-0.1, -0.05) is 45.0 Å². The van der Waals surface area contributed by atoms with Crippen LogP contribution in [-0.2, 0) is 32.4 Å². The summed E-state index contributed by atoms with van der Waals surface area (Å²) in [5, 5.41) is 10.3. The molecule has 62 heavy (non-hydrogen) atoms. The molecule has 13 heteroatoms. The van der Waals surface area contributed by atoms with Gasteiger partial charge >= 0.3 is 5.69 Å². The van der Waals surface area contributed by atoms with E-state index in [9.17, 15) is 14.9 Å². The molecular formula is C49H49FN10O2. The van der Waals surface area contributed by atoms with Gasteiger partial charge in [0.1, 0.15) is 22.7 Å². The van der Waals surface area contributed by atoms with Crippen molar-refractivity contribution in [1.82, 2.24) is 43.4 Å². The van der Waals surface area contributed by atoms with Crippen molar-refractivity contribution in [3.8, 4) is 23.1 Å². The second-order valence-corrected chi connectivity index (χ2v) is 18.3. The topological polar surface area (TPSA) is 131 Å². The molecule has 0 radical (unpaired) electrons. The SMILES string of the molecule is Cc1nc(-c2cccc3c2CCC3)nc2c1n(-c1ccc(C(=O)N3CCc4c(n(Cc5ccc(C#N)cc5F)c5ncccc45)C3)nc1)c(=O)n2C1CCN(CC(C)(C)C)CC1. The lowest BCUT2D eigenvalue weighted by Gasteiger charge is -2.36. The smallest absolute Gasteiger partial charge is 0.331 e. The molecular weight excluding hydrogens is 780 g/mol. The maximum atomic E-state index is 15.2. The number of halogens is 1. The van der Waals surface area contributed by atoms with Gasteiger partial charge in [-0.3, -0.25) is 13.9 Å². The Labute approximate surface area is 359 Å². The Morgan fingerprint density at radius 2 is 1.77 bits per heavy atom. The van der Waals surface area contributed by atoms with E-state index in [-0.39, 0.29) is 47.4 Å². The third-order valence-electron chi connectivity index (χ3n) is 12.9. The standard InChI is InChI=1S/C49H49FN10O2/c1-30-43-46(55-44(54-30)38-11-6-9-32-8-5-10-36(32)38)60(34-17-21-56(22-18-34)29-49(2,3)4)48(62)59(43)35-15-16-41(53-26-35)47(61)57-23-19-37-39-12-7-20-52-45(39)58(42(37)28-57)27-33-14-13-31(25-51)24-40(33)50/h6-7,9,11-16,20,24,26,34H,5,8,10,17-19,21-23,27-29H2,1-4H3. The second-order valence-electron chi connectivity index (χ2n) is 18.3. The molecule has 7 aromatic rings. The number of pyridine rings is 2. The van der Waals surface area contributed by atoms with E-state index in [4.69, 9.17) is 15.0 Å². The molecule has 1 aliphatic carbocycles. The minimum Gasteiger partial charge on any atom is -0.331 e. The molecule has 0 saturated carbocycles. The van der Waals surface area contributed by atoms with Crippen LogP contribution in [0.4, 0.5) is 4.39 Å². The number of carbonyl (C=O) groups is 1. The van der Waals surface area contributed by atoms with Gasteiger partial charge in [0.15, 0.2) is 11.5 Å². The number of carbonyl (C=O) groups excluding carboxylic acids is 1. The Hall–Kier alpha value is -6.52. The van der Waals surface area contributed by atoms with Gasteiger partial charge in [0.25, 0.3) is 5.91 Å². The first-order chi connectivity index (χ1) is 30.0. The van der Waals surface area contributed by atoms with Gasteiger partial charge in [0, 0.05) is 60.6 Å². The molecule has 2 aromatic carbocycles. The van der Waals surface area contributed by atoms with E-state index < -0.39 is 5.82 Å². The van der Waals surface area contributed by atoms with E-state index >= 15 is 4.39 Å². The number of hydrogen-bond donors (Lipinski definition) is 0. The predicted octanol–water partition coefficient (Wildman–Crippen LogP) is 7.73. The summed E-state index contributed by atoms with van der Waals surface area (Å²) >= 11 is 0. The highest BCUT2D eigenvalue weighted by atomic mass is 19.1. The molecule has 12 nitrogen and oxygen atoms in total. The summed E-state index contributed by atoms with van der Waals surface area (Å²) in [5.41, 5.74) is 9.80. The quantitative estimate of drug-likeness (QED) is 0.160. The fraction of sp³-hybridized carbons (Fsp3) is 0.367. The highest BCUT2D eigenvalue weighted by Gasteiger charge is 2.32. The van der Waals surface area contributed by atoms with E-state index in [1.165, 1.54) is 17.2 Å². The fourth-order valence-electron chi connectivity index (χ4n) is 10.1. The number of likely N-dealkylation sites (tertiary alicyclic amines) is 1. The van der Waals surface area contributed by atoms with Gasteiger partial charge in [-0.05, 0) is 104 Å². The number of aryl methyl sites for hydroxylation is 2. The Balaban J connectivity index is 0.984. The molecule has 0 atom stereocenters. The summed E-state index contributed by atoms with van der Waals surface area (Å²) in [6.45, 7) is 12.5. The van der Waals surface area contributed by atoms with Crippen LogP contribution in [0.2, 0.25) is 0 Å². The fourth-order valence-corrected chi connectivity index (χ4v) is 10.1. The van der Waals surface area contributed by atoms with Crippen LogP contribution in [0.1, 0.15) is 95.8 Å². The highest BCUT2D eigenvalue weighted by molar-refractivity contribution is 5.93. The van der Waals surface area contributed by atoms with Crippen molar-refractivity contribution in [3.05, 3.63) is 134 Å². The number of aromatic nitrogens is 7. The summed E-state index contributed by atoms with van der Waals surface area (Å²) < 4.78 is 20.7. The lowest BCUT2D eigenvalue weighted by Crippen LogP contribution is -2.41. The van der Waals surface area contributed by atoms with E-state index in [0.29, 0.717) is 46.9 Å². The summed E-state index contributed by atoms with van der Waals surface area (Å²) in [6.07, 6.45) is 8.72. The third kappa shape index (κ3) is 6.96. The molecule has 7 heterocycles. The molecule has 2 aliphatic heterocycles. The molecule has 5 aromatic heterocycles. The van der Waals surface area contributed by atoms with Crippen molar-refractivity contribution < 1.29 is 9.18 Å². The number of nitriles is 1. The molecule has 3 aliphatic rings. The number of rotatable bonds is 7. The van der Waals surface area contributed by atoms with E-state index in [1.54, 1.807) is 46.1 Å². The first-order valence-electron chi connectivity index (χ1n) is 21.7. The zero-order valence-electron chi connectivity index (χ0n) is 35.7. The van der Waals surface area contributed by atoms with E-state index in [0.717, 1.165) is 79.6 Å². The Kier molecular flexibility index (Phi) is 9.86. The van der Waals surface area contributed by atoms with Gasteiger partial charge in [-0.2, -0.15) is 5.26 Å². The molecule has 10 rings (SSSR count). The monoisotopic (exact) mass is 828 g/mol. The zero-order valence-corrected chi connectivity index (χ0v) is 35.7. The van der Waals surface area contributed by atoms with Gasteiger partial charge in [-0.15, -0.1) is 0 Å². The van der Waals surface area contributed by atoms with Crippen molar-refractivity contribution in [2.45, 2.75) is 85.4 Å². The Morgan fingerprint density at radius 1 is 0.935 bits per heavy atom. The van der Waals surface area contributed by atoms with Crippen molar-refractivity contribution in [3.63, 3.8) is 0 Å². The van der Waals surface area contributed by atoms with Crippen LogP contribution in [0.15, 0.2) is 77.9 Å². The Morgan fingerprint density at radius 3 is 2.53 bits per heavy atom. The normalized spacial score (nSPS) is 15.9. The number of benzene rings is 2. The van der Waals surface area contributed by atoms with Crippen molar-refractivity contribution in [1.29, 1.82) is 5.26 Å². The minimum atomic E-state index is -0.464. The summed E-state index contributed by atoms with van der Waals surface area (Å²) in [4.78, 5) is 53.0. The second kappa shape index (κ2) is 15.4. The largest absolute Gasteiger partial charge is 0.335 e. The van der Waals surface area contributed by atoms with E-state index in [1.807, 2.05) is 34.3 Å². The summed E-state index contributed by atoms with van der Waals surface area (Å²) in [6, 6.07) is 20.2. The van der Waals surface area contributed by atoms with Gasteiger partial charge in [0.2, 0.25) is 0 Å². The maximum Gasteiger partial charge on any atom is 0.335 e. The van der Waals surface area contributed by atoms with Gasteiger partial charge in [-0.25, -0.2) is 29.1 Å². The van der Waals surface area contributed by atoms with Crippen LogP contribution in [0.25, 0.3) is 39.3 Å². The van der Waals surface area contributed by atoms with Crippen LogP contribution >= 0.6 is 0 Å². The molecule has 1 fully saturated rings. The molecule has 0 unspecified atom stereocenters. The van der Waals surface area contributed by atoms with Crippen molar-refractivity contribution in [2.24, 2.45) is 5.41 Å². The first-order valence-corrected chi connectivity index (χ1v) is 21.7. The van der Waals surface area contributed by atoms with Crippen LogP contribution in [0, 0.1) is 29.5 Å². The number of amides is 1. The van der Waals surface area contributed by atoms with E-state index in [2.05, 4.69) is 48.9 Å². The number of piperidine rings is 1. The van der Waals surface area contributed by atoms with Crippen molar-refractivity contribution >= 4 is 28.1 Å². The summed E-state index contributed by atoms with van der Waals surface area (Å²) in [7, 11) is 0. The third-order valence-corrected chi connectivity index (χ3v) is 12.9. The van der Waals surface area contributed by atoms with Crippen LogP contribution in [0.3, 0.4) is 0 Å². The lowest BCUT2D eigenvalue weighted by molar-refractivity contribution is 0.0724. The Bertz CT molecular complexity index is 3010. The predicted molar refractivity (Wildman–Crippen MR) is 236 cm³/mol. The van der Waals surface area contributed by atoms with Crippen LogP contribution < -0.4 is 5.69 Å². The van der Waals surface area contributed by atoms with Gasteiger partial charge in [0.05, 0.1) is 42.3 Å². The number of hydrogen-bond acceptors (Lipinski definition) is 8. The molecule has 1 saturated heterocycles. The van der Waals surface area contributed by atoms with Crippen LogP contribution in [0.5, 0.6) is 0 Å². The molecule has 0 N–H and O–H groups in total. The molecule has 314 valence electrons. The molecule has 1 amide bonds. The minimum absolute atomic E-state index is 0.0388. The molecule has 0 bridgehead atoms. The first kappa shape index (κ1) is 39.6. The zero-order chi connectivity index (χ0) is 42.9. The highest BCUT2D eigenvalue weighted by Crippen LogP contribution is 2.35. The average molecular weight is 829 g/mol. The lowest BCUT2D eigenvalue weighted by atomic mass is 9.94. The molecule has 0 spiro atoms.